The summed E-state index contributed by atoms with van der Waals surface area (Å²) in [5.41, 5.74) is 4.09. The average Bonchev–Trinajstić information content (AvgIpc) is 2.92. The second kappa shape index (κ2) is 12.5. The molecule has 0 bridgehead atoms. The highest BCUT2D eigenvalue weighted by Crippen LogP contribution is 2.17. The number of amides is 1. The number of hydrogen-bond acceptors (Lipinski definition) is 5. The lowest BCUT2D eigenvalue weighted by Gasteiger charge is -2.13. The van der Waals surface area contributed by atoms with Gasteiger partial charge in [0.1, 0.15) is 12.4 Å². The monoisotopic (exact) mass is 467 g/mol. The number of aromatic nitrogens is 1. The Bertz CT molecular complexity index is 1200. The minimum absolute atomic E-state index is 0.170. The number of hydrogen-bond donors (Lipinski definition) is 3. The smallest absolute Gasteiger partial charge is 0.256 e. The molecule has 0 radical (unpaired) electrons. The maximum Gasteiger partial charge on any atom is 0.256 e. The van der Waals surface area contributed by atoms with Crippen molar-refractivity contribution in [1.29, 1.82) is 0 Å². The highest BCUT2D eigenvalue weighted by atomic mass is 16.5. The normalized spacial score (nSPS) is 11.6. The van der Waals surface area contributed by atoms with Crippen LogP contribution in [0.25, 0.3) is 0 Å². The summed E-state index contributed by atoms with van der Waals surface area (Å²) in [6, 6.07) is 28.5. The Morgan fingerprint density at radius 1 is 0.914 bits per heavy atom. The number of carbonyl (C=O) groups is 1. The molecule has 0 aliphatic carbocycles. The number of nitrogens with one attached hydrogen (secondary N) is 2. The highest BCUT2D eigenvalue weighted by molar-refractivity contribution is 6.05. The molecule has 4 aromatic rings. The number of nitrogens with zero attached hydrogens (tertiary/aromatic N) is 1. The van der Waals surface area contributed by atoms with Gasteiger partial charge in [0, 0.05) is 41.3 Å². The van der Waals surface area contributed by atoms with E-state index >= 15 is 0 Å². The van der Waals surface area contributed by atoms with Gasteiger partial charge in [-0.3, -0.25) is 9.78 Å². The maximum absolute atomic E-state index is 12.9. The van der Waals surface area contributed by atoms with Crippen molar-refractivity contribution < 1.29 is 14.6 Å². The zero-order valence-corrected chi connectivity index (χ0v) is 19.4. The summed E-state index contributed by atoms with van der Waals surface area (Å²) in [5, 5.41) is 16.4. The van der Waals surface area contributed by atoms with E-state index in [0.717, 1.165) is 41.1 Å². The molecule has 178 valence electrons. The van der Waals surface area contributed by atoms with Crippen molar-refractivity contribution >= 4 is 11.6 Å². The number of rotatable bonds is 11. The average molecular weight is 468 g/mol. The fourth-order valence-electron chi connectivity index (χ4n) is 3.66. The lowest BCUT2D eigenvalue weighted by Crippen LogP contribution is -2.23. The topological polar surface area (TPSA) is 83.5 Å². The molecule has 1 heterocycles. The molecular formula is C29H29N3O3. The number of para-hydroxylation sites is 1. The van der Waals surface area contributed by atoms with Crippen molar-refractivity contribution in [2.24, 2.45) is 0 Å². The minimum Gasteiger partial charge on any atom is -0.489 e. The number of carbonyl (C=O) groups excluding carboxylic acids is 1. The Hall–Kier alpha value is -4.00. The van der Waals surface area contributed by atoms with Crippen molar-refractivity contribution in [2.75, 3.05) is 18.4 Å². The summed E-state index contributed by atoms with van der Waals surface area (Å²) < 4.78 is 5.83. The van der Waals surface area contributed by atoms with Crippen LogP contribution in [0.5, 0.6) is 5.75 Å². The molecule has 6 heteroatoms. The molecule has 1 amide bonds. The van der Waals surface area contributed by atoms with E-state index in [1.165, 1.54) is 0 Å². The Morgan fingerprint density at radius 2 is 1.69 bits per heavy atom. The Balaban J connectivity index is 1.26. The van der Waals surface area contributed by atoms with Gasteiger partial charge in [0.15, 0.2) is 0 Å². The number of aliphatic hydroxyl groups excluding tert-OH is 1. The Kier molecular flexibility index (Phi) is 8.59. The van der Waals surface area contributed by atoms with E-state index in [1.807, 2.05) is 84.9 Å². The van der Waals surface area contributed by atoms with Crippen molar-refractivity contribution in [2.45, 2.75) is 19.1 Å². The number of ether oxygens (including phenoxy) is 1. The van der Waals surface area contributed by atoms with E-state index < -0.39 is 6.10 Å². The molecule has 6 nitrogen and oxygen atoms in total. The largest absolute Gasteiger partial charge is 0.489 e. The van der Waals surface area contributed by atoms with Gasteiger partial charge in [-0.2, -0.15) is 0 Å². The van der Waals surface area contributed by atoms with Gasteiger partial charge >= 0.3 is 0 Å². The Morgan fingerprint density at radius 3 is 2.46 bits per heavy atom. The zero-order valence-electron chi connectivity index (χ0n) is 19.4. The van der Waals surface area contributed by atoms with E-state index in [9.17, 15) is 9.90 Å². The molecule has 0 spiro atoms. The molecule has 0 aliphatic heterocycles. The van der Waals surface area contributed by atoms with E-state index in [0.29, 0.717) is 18.7 Å². The SMILES string of the molecule is O=C(Nc1ccc(CCNC[C@H](O)c2cccnc2)cc1)c1ccccc1COc1ccccc1. The number of anilines is 1. The number of pyridine rings is 1. The van der Waals surface area contributed by atoms with Crippen LogP contribution in [-0.4, -0.2) is 29.1 Å². The predicted molar refractivity (Wildman–Crippen MR) is 137 cm³/mol. The number of aliphatic hydroxyl groups is 1. The molecule has 0 saturated heterocycles. The Labute approximate surface area is 205 Å². The highest BCUT2D eigenvalue weighted by Gasteiger charge is 2.12. The van der Waals surface area contributed by atoms with Crippen LogP contribution in [0.2, 0.25) is 0 Å². The quantitative estimate of drug-likeness (QED) is 0.277. The van der Waals surface area contributed by atoms with E-state index in [2.05, 4.69) is 15.6 Å². The molecule has 4 rings (SSSR count). The van der Waals surface area contributed by atoms with Gasteiger partial charge in [0.05, 0.1) is 6.10 Å². The second-order valence-electron chi connectivity index (χ2n) is 8.17. The number of benzene rings is 3. The summed E-state index contributed by atoms with van der Waals surface area (Å²) >= 11 is 0. The maximum atomic E-state index is 12.9. The summed E-state index contributed by atoms with van der Waals surface area (Å²) in [4.78, 5) is 17.0. The molecule has 0 fully saturated rings. The van der Waals surface area contributed by atoms with Crippen molar-refractivity contribution in [3.05, 3.63) is 126 Å². The van der Waals surface area contributed by atoms with E-state index in [1.54, 1.807) is 18.5 Å². The van der Waals surface area contributed by atoms with E-state index in [-0.39, 0.29) is 5.91 Å². The molecule has 0 aliphatic rings. The molecule has 1 atom stereocenters. The van der Waals surface area contributed by atoms with Gasteiger partial charge in [0.25, 0.3) is 5.91 Å². The lowest BCUT2D eigenvalue weighted by molar-refractivity contribution is 0.102. The van der Waals surface area contributed by atoms with Crippen molar-refractivity contribution in [3.8, 4) is 5.75 Å². The summed E-state index contributed by atoms with van der Waals surface area (Å²) in [6.07, 6.45) is 3.60. The van der Waals surface area contributed by atoms with Crippen LogP contribution < -0.4 is 15.4 Å². The van der Waals surface area contributed by atoms with Gasteiger partial charge in [-0.15, -0.1) is 0 Å². The third-order valence-electron chi connectivity index (χ3n) is 5.61. The van der Waals surface area contributed by atoms with Gasteiger partial charge in [0.2, 0.25) is 0 Å². The van der Waals surface area contributed by atoms with Gasteiger partial charge in [-0.25, -0.2) is 0 Å². The molecule has 1 aromatic heterocycles. The van der Waals surface area contributed by atoms with Gasteiger partial charge < -0.3 is 20.5 Å². The van der Waals surface area contributed by atoms with Gasteiger partial charge in [-0.05, 0) is 54.9 Å². The van der Waals surface area contributed by atoms with Crippen LogP contribution in [0.3, 0.4) is 0 Å². The fraction of sp³-hybridized carbons (Fsp3) is 0.172. The van der Waals surface area contributed by atoms with Crippen molar-refractivity contribution in [3.63, 3.8) is 0 Å². The standard InChI is InChI=1S/C29H29N3O3/c33-28(23-8-6-17-30-19-23)20-31-18-16-22-12-14-25(15-13-22)32-29(34)27-11-5-4-7-24(27)21-35-26-9-2-1-3-10-26/h1-15,17,19,28,31,33H,16,18,20-21H2,(H,32,34)/t28-/m0/s1. The van der Waals surface area contributed by atoms with Crippen LogP contribution in [0, 0.1) is 0 Å². The first kappa shape index (κ1) is 24.1. The summed E-state index contributed by atoms with van der Waals surface area (Å²) in [5.74, 6) is 0.593. The van der Waals surface area contributed by atoms with Crippen LogP contribution in [-0.2, 0) is 13.0 Å². The first-order valence-corrected chi connectivity index (χ1v) is 11.6. The first-order chi connectivity index (χ1) is 17.2. The molecule has 3 aromatic carbocycles. The fourth-order valence-corrected chi connectivity index (χ4v) is 3.66. The summed E-state index contributed by atoms with van der Waals surface area (Å²) in [7, 11) is 0. The minimum atomic E-state index is -0.581. The van der Waals surface area contributed by atoms with Crippen LogP contribution in [0.1, 0.15) is 33.2 Å². The van der Waals surface area contributed by atoms with Crippen LogP contribution >= 0.6 is 0 Å². The zero-order chi connectivity index (χ0) is 24.3. The summed E-state index contributed by atoms with van der Waals surface area (Å²) in [6.45, 7) is 1.51. The molecular weight excluding hydrogens is 438 g/mol. The third-order valence-corrected chi connectivity index (χ3v) is 5.61. The molecule has 3 N–H and O–H groups in total. The molecule has 35 heavy (non-hydrogen) atoms. The van der Waals surface area contributed by atoms with Crippen molar-refractivity contribution in [1.82, 2.24) is 10.3 Å². The second-order valence-corrected chi connectivity index (χ2v) is 8.17. The third kappa shape index (κ3) is 7.24. The van der Waals surface area contributed by atoms with Gasteiger partial charge in [-0.1, -0.05) is 54.6 Å². The van der Waals surface area contributed by atoms with Crippen LogP contribution in [0.4, 0.5) is 5.69 Å². The molecule has 0 saturated carbocycles. The predicted octanol–water partition coefficient (Wildman–Crippen LogP) is 4.78. The lowest BCUT2D eigenvalue weighted by atomic mass is 10.1. The van der Waals surface area contributed by atoms with Crippen LogP contribution in [0.15, 0.2) is 103 Å². The first-order valence-electron chi connectivity index (χ1n) is 11.6. The van der Waals surface area contributed by atoms with E-state index in [4.69, 9.17) is 4.74 Å². The molecule has 0 unspecified atom stereocenters.